The third kappa shape index (κ3) is 2.84. The number of hydrogen-bond acceptors (Lipinski definition) is 4. The Labute approximate surface area is 154 Å². The van der Waals surface area contributed by atoms with E-state index in [9.17, 15) is 14.4 Å². The van der Waals surface area contributed by atoms with E-state index < -0.39 is 6.04 Å². The highest BCUT2D eigenvalue weighted by Crippen LogP contribution is 2.48. The summed E-state index contributed by atoms with van der Waals surface area (Å²) in [6.45, 7) is 1.44. The summed E-state index contributed by atoms with van der Waals surface area (Å²) < 4.78 is 0. The van der Waals surface area contributed by atoms with Crippen LogP contribution in [-0.2, 0) is 9.59 Å². The standard InChI is InChI=1S/C19H17N3O3S/c1-11(23)20-12-6-8-13(9-7-12)21-17(24)16-10-26-19-15-5-3-2-4-14(15)18(25)22(16)19/h2-9,16,19H,10H2,1H3,(H,20,23)(H,21,24)/t16-,19-/m0/s1. The van der Waals surface area contributed by atoms with Crippen LogP contribution in [-0.4, -0.2) is 34.4 Å². The predicted octanol–water partition coefficient (Wildman–Crippen LogP) is 2.85. The molecule has 2 aromatic carbocycles. The average Bonchev–Trinajstić information content (AvgIpc) is 3.17. The maximum absolute atomic E-state index is 12.7. The lowest BCUT2D eigenvalue weighted by Gasteiger charge is -2.22. The molecule has 0 radical (unpaired) electrons. The zero-order valence-corrected chi connectivity index (χ0v) is 14.9. The van der Waals surface area contributed by atoms with Crippen molar-refractivity contribution in [1.82, 2.24) is 4.90 Å². The van der Waals surface area contributed by atoms with Crippen molar-refractivity contribution in [2.45, 2.75) is 18.3 Å². The van der Waals surface area contributed by atoms with E-state index in [1.54, 1.807) is 40.9 Å². The Kier molecular flexibility index (Phi) is 4.16. The zero-order chi connectivity index (χ0) is 18.3. The van der Waals surface area contributed by atoms with Crippen LogP contribution >= 0.6 is 11.8 Å². The number of hydrogen-bond donors (Lipinski definition) is 2. The molecule has 0 aromatic heterocycles. The molecule has 2 atom stereocenters. The van der Waals surface area contributed by atoms with Crippen molar-refractivity contribution in [2.24, 2.45) is 0 Å². The Hall–Kier alpha value is -2.80. The van der Waals surface area contributed by atoms with E-state index in [-0.39, 0.29) is 23.1 Å². The van der Waals surface area contributed by atoms with Crippen molar-refractivity contribution in [3.8, 4) is 0 Å². The van der Waals surface area contributed by atoms with Crippen molar-refractivity contribution in [3.05, 3.63) is 59.7 Å². The number of thioether (sulfide) groups is 1. The van der Waals surface area contributed by atoms with E-state index in [1.165, 1.54) is 6.92 Å². The second kappa shape index (κ2) is 6.49. The van der Waals surface area contributed by atoms with Crippen molar-refractivity contribution < 1.29 is 14.4 Å². The van der Waals surface area contributed by atoms with Crippen LogP contribution in [0.5, 0.6) is 0 Å². The lowest BCUT2D eigenvalue weighted by Crippen LogP contribution is -2.42. The van der Waals surface area contributed by atoms with Gasteiger partial charge in [0.1, 0.15) is 11.4 Å². The molecular formula is C19H17N3O3S. The first-order valence-electron chi connectivity index (χ1n) is 8.26. The molecular weight excluding hydrogens is 350 g/mol. The summed E-state index contributed by atoms with van der Waals surface area (Å²) in [6, 6.07) is 13.9. The van der Waals surface area contributed by atoms with Gasteiger partial charge >= 0.3 is 0 Å². The van der Waals surface area contributed by atoms with E-state index in [0.717, 1.165) is 5.56 Å². The van der Waals surface area contributed by atoms with Crippen molar-refractivity contribution >= 4 is 40.9 Å². The van der Waals surface area contributed by atoms with Crippen LogP contribution in [0.25, 0.3) is 0 Å². The zero-order valence-electron chi connectivity index (χ0n) is 14.1. The summed E-state index contributed by atoms with van der Waals surface area (Å²) in [4.78, 5) is 38.2. The molecule has 2 N–H and O–H groups in total. The average molecular weight is 367 g/mol. The lowest BCUT2D eigenvalue weighted by atomic mass is 10.1. The predicted molar refractivity (Wildman–Crippen MR) is 101 cm³/mol. The topological polar surface area (TPSA) is 78.5 Å². The van der Waals surface area contributed by atoms with Gasteiger partial charge in [0.05, 0.1) is 0 Å². The number of fused-ring (bicyclic) bond motifs is 3. The largest absolute Gasteiger partial charge is 0.326 e. The third-order valence-electron chi connectivity index (χ3n) is 4.47. The Morgan fingerprint density at radius 2 is 1.69 bits per heavy atom. The molecule has 2 aliphatic rings. The Morgan fingerprint density at radius 1 is 1.04 bits per heavy atom. The van der Waals surface area contributed by atoms with Gasteiger partial charge < -0.3 is 15.5 Å². The number of anilines is 2. The Morgan fingerprint density at radius 3 is 2.38 bits per heavy atom. The van der Waals surface area contributed by atoms with Gasteiger partial charge in [0.25, 0.3) is 5.91 Å². The van der Waals surface area contributed by atoms with Crippen LogP contribution in [0.2, 0.25) is 0 Å². The van der Waals surface area contributed by atoms with Crippen molar-refractivity contribution in [3.63, 3.8) is 0 Å². The minimum atomic E-state index is -0.500. The molecule has 2 aromatic rings. The van der Waals surface area contributed by atoms with Gasteiger partial charge in [0, 0.05) is 29.6 Å². The molecule has 1 saturated heterocycles. The monoisotopic (exact) mass is 367 g/mol. The van der Waals surface area contributed by atoms with Gasteiger partial charge in [-0.1, -0.05) is 18.2 Å². The molecule has 4 rings (SSSR count). The highest BCUT2D eigenvalue weighted by atomic mass is 32.2. The Balaban J connectivity index is 1.48. The van der Waals surface area contributed by atoms with Gasteiger partial charge in [-0.05, 0) is 35.9 Å². The SMILES string of the molecule is CC(=O)Nc1ccc(NC(=O)[C@@H]2CS[C@H]3c4ccccc4C(=O)N23)cc1. The van der Waals surface area contributed by atoms with Crippen LogP contribution in [0.4, 0.5) is 11.4 Å². The molecule has 6 nitrogen and oxygen atoms in total. The minimum absolute atomic E-state index is 0.0863. The highest BCUT2D eigenvalue weighted by molar-refractivity contribution is 7.99. The van der Waals surface area contributed by atoms with E-state index in [1.807, 2.05) is 24.3 Å². The van der Waals surface area contributed by atoms with Crippen LogP contribution < -0.4 is 10.6 Å². The number of nitrogens with one attached hydrogen (secondary N) is 2. The van der Waals surface area contributed by atoms with Crippen LogP contribution in [0, 0.1) is 0 Å². The summed E-state index contributed by atoms with van der Waals surface area (Å²) in [7, 11) is 0. The molecule has 1 fully saturated rings. The first-order chi connectivity index (χ1) is 12.5. The molecule has 7 heteroatoms. The second-order valence-corrected chi connectivity index (χ2v) is 7.36. The van der Waals surface area contributed by atoms with Crippen molar-refractivity contribution in [2.75, 3.05) is 16.4 Å². The number of amides is 3. The van der Waals surface area contributed by atoms with Gasteiger partial charge in [-0.25, -0.2) is 0 Å². The third-order valence-corrected chi connectivity index (χ3v) is 5.77. The van der Waals surface area contributed by atoms with E-state index in [0.29, 0.717) is 22.7 Å². The number of benzene rings is 2. The first kappa shape index (κ1) is 16.7. The minimum Gasteiger partial charge on any atom is -0.326 e. The van der Waals surface area contributed by atoms with E-state index >= 15 is 0 Å². The number of carbonyl (C=O) groups is 3. The molecule has 2 heterocycles. The summed E-state index contributed by atoms with van der Waals surface area (Å²) >= 11 is 1.61. The van der Waals surface area contributed by atoms with E-state index in [4.69, 9.17) is 0 Å². The molecule has 0 aliphatic carbocycles. The Bertz CT molecular complexity index is 897. The maximum Gasteiger partial charge on any atom is 0.256 e. The quantitative estimate of drug-likeness (QED) is 0.874. The maximum atomic E-state index is 12.7. The summed E-state index contributed by atoms with van der Waals surface area (Å²) in [5, 5.41) is 5.46. The summed E-state index contributed by atoms with van der Waals surface area (Å²) in [5.41, 5.74) is 2.96. The van der Waals surface area contributed by atoms with Crippen LogP contribution in [0.1, 0.15) is 28.2 Å². The molecule has 3 amide bonds. The highest BCUT2D eigenvalue weighted by Gasteiger charge is 2.48. The van der Waals surface area contributed by atoms with Gasteiger partial charge in [0.15, 0.2) is 0 Å². The first-order valence-corrected chi connectivity index (χ1v) is 9.31. The van der Waals surface area contributed by atoms with Crippen molar-refractivity contribution in [1.29, 1.82) is 0 Å². The van der Waals surface area contributed by atoms with Crippen LogP contribution in [0.15, 0.2) is 48.5 Å². The lowest BCUT2D eigenvalue weighted by molar-refractivity contribution is -0.119. The molecule has 0 saturated carbocycles. The number of carbonyl (C=O) groups excluding carboxylic acids is 3. The summed E-state index contributed by atoms with van der Waals surface area (Å²) in [6.07, 6.45) is 0. The molecule has 0 spiro atoms. The normalized spacial score (nSPS) is 20.5. The fraction of sp³-hybridized carbons (Fsp3) is 0.211. The molecule has 26 heavy (non-hydrogen) atoms. The molecule has 132 valence electrons. The summed E-state index contributed by atoms with van der Waals surface area (Å²) in [5.74, 6) is 0.133. The molecule has 0 unspecified atom stereocenters. The number of nitrogens with zero attached hydrogens (tertiary/aromatic N) is 1. The van der Waals surface area contributed by atoms with Crippen LogP contribution in [0.3, 0.4) is 0 Å². The molecule has 2 aliphatic heterocycles. The van der Waals surface area contributed by atoms with Gasteiger partial charge in [-0.3, -0.25) is 14.4 Å². The smallest absolute Gasteiger partial charge is 0.256 e. The number of rotatable bonds is 3. The van der Waals surface area contributed by atoms with Gasteiger partial charge in [0.2, 0.25) is 11.8 Å². The fourth-order valence-corrected chi connectivity index (χ4v) is 4.77. The molecule has 0 bridgehead atoms. The van der Waals surface area contributed by atoms with Gasteiger partial charge in [-0.2, -0.15) is 0 Å². The second-order valence-electron chi connectivity index (χ2n) is 6.25. The van der Waals surface area contributed by atoms with Gasteiger partial charge in [-0.15, -0.1) is 11.8 Å². The van der Waals surface area contributed by atoms with E-state index in [2.05, 4.69) is 10.6 Å². The fourth-order valence-electron chi connectivity index (χ4n) is 3.31.